The van der Waals surface area contributed by atoms with E-state index in [9.17, 15) is 0 Å². The number of imidazole rings is 1. The number of hydrogen-bond acceptors (Lipinski definition) is 3. The van der Waals surface area contributed by atoms with Crippen LogP contribution in [0.3, 0.4) is 0 Å². The number of fused-ring (bicyclic) bond motifs is 1. The minimum absolute atomic E-state index is 0.940. The standard InChI is InChI=1S/C11H9N3S/c1-8-2-3-10-13-9(7-14(10)6-8)11-12-4-5-15-11/h2-7H,1H3. The molecule has 0 aromatic carbocycles. The summed E-state index contributed by atoms with van der Waals surface area (Å²) in [5.41, 5.74) is 3.13. The van der Waals surface area contributed by atoms with Crippen molar-refractivity contribution in [3.05, 3.63) is 41.7 Å². The Morgan fingerprint density at radius 2 is 2.20 bits per heavy atom. The molecule has 3 aromatic rings. The van der Waals surface area contributed by atoms with Crippen molar-refractivity contribution in [1.29, 1.82) is 0 Å². The fourth-order valence-corrected chi connectivity index (χ4v) is 2.15. The van der Waals surface area contributed by atoms with Crippen molar-refractivity contribution < 1.29 is 0 Å². The van der Waals surface area contributed by atoms with Crippen molar-refractivity contribution in [2.45, 2.75) is 6.92 Å². The molecule has 15 heavy (non-hydrogen) atoms. The third-order valence-corrected chi connectivity index (χ3v) is 3.05. The van der Waals surface area contributed by atoms with Crippen LogP contribution in [0, 0.1) is 6.92 Å². The summed E-state index contributed by atoms with van der Waals surface area (Å²) in [7, 11) is 0. The Kier molecular flexibility index (Phi) is 1.82. The molecule has 0 saturated carbocycles. The summed E-state index contributed by atoms with van der Waals surface area (Å²) in [5, 5.41) is 2.93. The highest BCUT2D eigenvalue weighted by atomic mass is 32.1. The molecule has 3 nitrogen and oxygen atoms in total. The summed E-state index contributed by atoms with van der Waals surface area (Å²) in [6, 6.07) is 4.08. The molecule has 0 aliphatic rings. The summed E-state index contributed by atoms with van der Waals surface area (Å²) in [6.45, 7) is 2.07. The predicted molar refractivity (Wildman–Crippen MR) is 61.0 cm³/mol. The lowest BCUT2D eigenvalue weighted by Crippen LogP contribution is -1.82. The van der Waals surface area contributed by atoms with Crippen molar-refractivity contribution in [1.82, 2.24) is 14.4 Å². The summed E-state index contributed by atoms with van der Waals surface area (Å²) in [6.07, 6.45) is 5.88. The maximum Gasteiger partial charge on any atom is 0.143 e. The van der Waals surface area contributed by atoms with E-state index in [-0.39, 0.29) is 0 Å². The van der Waals surface area contributed by atoms with Crippen LogP contribution in [0.4, 0.5) is 0 Å². The largest absolute Gasteiger partial charge is 0.306 e. The van der Waals surface area contributed by atoms with Gasteiger partial charge in [0.1, 0.15) is 16.3 Å². The molecule has 0 radical (unpaired) electrons. The van der Waals surface area contributed by atoms with Crippen LogP contribution in [-0.4, -0.2) is 14.4 Å². The number of nitrogens with zero attached hydrogens (tertiary/aromatic N) is 3. The molecule has 0 spiro atoms. The van der Waals surface area contributed by atoms with Gasteiger partial charge in [-0.15, -0.1) is 11.3 Å². The summed E-state index contributed by atoms with van der Waals surface area (Å²) < 4.78 is 2.03. The SMILES string of the molecule is Cc1ccc2nc(-c3nccs3)cn2c1. The second-order valence-electron chi connectivity index (χ2n) is 3.44. The van der Waals surface area contributed by atoms with E-state index < -0.39 is 0 Å². The average Bonchev–Trinajstić information content (AvgIpc) is 2.84. The van der Waals surface area contributed by atoms with Crippen molar-refractivity contribution >= 4 is 17.0 Å². The zero-order valence-electron chi connectivity index (χ0n) is 8.21. The van der Waals surface area contributed by atoms with Gasteiger partial charge in [0, 0.05) is 24.0 Å². The third-order valence-electron chi connectivity index (χ3n) is 2.25. The Hall–Kier alpha value is -1.68. The van der Waals surface area contributed by atoms with Crippen molar-refractivity contribution in [3.63, 3.8) is 0 Å². The van der Waals surface area contributed by atoms with Gasteiger partial charge in [-0.3, -0.25) is 0 Å². The van der Waals surface area contributed by atoms with Gasteiger partial charge in [-0.1, -0.05) is 6.07 Å². The molecule has 0 aliphatic carbocycles. The van der Waals surface area contributed by atoms with Gasteiger partial charge >= 0.3 is 0 Å². The lowest BCUT2D eigenvalue weighted by Gasteiger charge is -1.92. The maximum absolute atomic E-state index is 4.51. The fourth-order valence-electron chi connectivity index (χ4n) is 1.56. The topological polar surface area (TPSA) is 30.2 Å². The van der Waals surface area contributed by atoms with Crippen LogP contribution in [0.5, 0.6) is 0 Å². The van der Waals surface area contributed by atoms with Gasteiger partial charge in [-0.25, -0.2) is 9.97 Å². The summed E-state index contributed by atoms with van der Waals surface area (Å²) >= 11 is 1.61. The van der Waals surface area contributed by atoms with Gasteiger partial charge in [-0.2, -0.15) is 0 Å². The quantitative estimate of drug-likeness (QED) is 0.624. The molecular formula is C11H9N3S. The molecule has 0 aliphatic heterocycles. The number of aromatic nitrogens is 3. The minimum Gasteiger partial charge on any atom is -0.306 e. The first-order valence-electron chi connectivity index (χ1n) is 4.68. The molecule has 3 heterocycles. The number of aryl methyl sites for hydroxylation is 1. The van der Waals surface area contributed by atoms with E-state index in [1.807, 2.05) is 22.0 Å². The predicted octanol–water partition coefficient (Wildman–Crippen LogP) is 2.77. The number of rotatable bonds is 1. The van der Waals surface area contributed by atoms with Gasteiger partial charge in [-0.05, 0) is 18.6 Å². The highest BCUT2D eigenvalue weighted by Gasteiger charge is 2.05. The van der Waals surface area contributed by atoms with E-state index in [0.717, 1.165) is 16.3 Å². The van der Waals surface area contributed by atoms with Gasteiger partial charge < -0.3 is 4.40 Å². The molecule has 3 aromatic heterocycles. The molecule has 0 bridgehead atoms. The second kappa shape index (κ2) is 3.17. The van der Waals surface area contributed by atoms with E-state index >= 15 is 0 Å². The second-order valence-corrected chi connectivity index (χ2v) is 4.33. The molecular weight excluding hydrogens is 206 g/mol. The van der Waals surface area contributed by atoms with Crippen molar-refractivity contribution in [3.8, 4) is 10.7 Å². The molecule has 0 amide bonds. The monoisotopic (exact) mass is 215 g/mol. The van der Waals surface area contributed by atoms with Crippen LogP contribution < -0.4 is 0 Å². The number of pyridine rings is 1. The Balaban J connectivity index is 2.22. The van der Waals surface area contributed by atoms with Crippen LogP contribution in [0.1, 0.15) is 5.56 Å². The number of hydrogen-bond donors (Lipinski definition) is 0. The molecule has 4 heteroatoms. The van der Waals surface area contributed by atoms with E-state index in [0.29, 0.717) is 0 Å². The van der Waals surface area contributed by atoms with E-state index in [1.54, 1.807) is 17.5 Å². The van der Waals surface area contributed by atoms with Gasteiger partial charge in [0.05, 0.1) is 0 Å². The van der Waals surface area contributed by atoms with Gasteiger partial charge in [0.2, 0.25) is 0 Å². The van der Waals surface area contributed by atoms with Crippen molar-refractivity contribution in [2.24, 2.45) is 0 Å². The molecule has 0 saturated heterocycles. The molecule has 0 unspecified atom stereocenters. The first-order valence-corrected chi connectivity index (χ1v) is 5.56. The zero-order valence-corrected chi connectivity index (χ0v) is 9.03. The zero-order chi connectivity index (χ0) is 10.3. The molecule has 0 fully saturated rings. The van der Waals surface area contributed by atoms with E-state index in [2.05, 4.69) is 29.2 Å². The first-order chi connectivity index (χ1) is 7.33. The Morgan fingerprint density at radius 3 is 3.00 bits per heavy atom. The van der Waals surface area contributed by atoms with Crippen LogP contribution in [-0.2, 0) is 0 Å². The van der Waals surface area contributed by atoms with Crippen LogP contribution >= 0.6 is 11.3 Å². The number of thiazole rings is 1. The maximum atomic E-state index is 4.51. The lowest BCUT2D eigenvalue weighted by atomic mass is 10.3. The van der Waals surface area contributed by atoms with Crippen molar-refractivity contribution in [2.75, 3.05) is 0 Å². The Morgan fingerprint density at radius 1 is 1.27 bits per heavy atom. The normalized spacial score (nSPS) is 11.0. The smallest absolute Gasteiger partial charge is 0.143 e. The van der Waals surface area contributed by atoms with Crippen LogP contribution in [0.2, 0.25) is 0 Å². The summed E-state index contributed by atoms with van der Waals surface area (Å²) in [4.78, 5) is 8.75. The lowest BCUT2D eigenvalue weighted by molar-refractivity contribution is 1.16. The third kappa shape index (κ3) is 1.43. The first kappa shape index (κ1) is 8.61. The van der Waals surface area contributed by atoms with E-state index in [1.165, 1.54) is 5.56 Å². The van der Waals surface area contributed by atoms with Gasteiger partial charge in [0.25, 0.3) is 0 Å². The molecule has 0 N–H and O–H groups in total. The highest BCUT2D eigenvalue weighted by Crippen LogP contribution is 2.21. The Labute approximate surface area is 91.1 Å². The van der Waals surface area contributed by atoms with Crippen LogP contribution in [0.25, 0.3) is 16.3 Å². The fraction of sp³-hybridized carbons (Fsp3) is 0.0909. The minimum atomic E-state index is 0.940. The molecule has 74 valence electrons. The summed E-state index contributed by atoms with van der Waals surface area (Å²) in [5.74, 6) is 0. The van der Waals surface area contributed by atoms with E-state index in [4.69, 9.17) is 0 Å². The highest BCUT2D eigenvalue weighted by molar-refractivity contribution is 7.13. The molecule has 3 rings (SSSR count). The Bertz CT molecular complexity index is 595. The molecule has 0 atom stereocenters. The average molecular weight is 215 g/mol. The van der Waals surface area contributed by atoms with Crippen LogP contribution in [0.15, 0.2) is 36.1 Å². The van der Waals surface area contributed by atoms with Gasteiger partial charge in [0.15, 0.2) is 0 Å².